The maximum absolute atomic E-state index is 5.75. The Morgan fingerprint density at radius 2 is 1.09 bits per heavy atom. The van der Waals surface area contributed by atoms with E-state index in [9.17, 15) is 0 Å². The Kier molecular flexibility index (Phi) is 9.23. The van der Waals surface area contributed by atoms with Gasteiger partial charge in [-0.1, -0.05) is 0 Å². The maximum Gasteiger partial charge on any atom is -0.358 e. The molecule has 0 aliphatic heterocycles. The SMILES string of the molecule is Cc1nnc(C)nn1.[2H][Ir+2].[CH3-].[CH3-]. The van der Waals surface area contributed by atoms with Gasteiger partial charge in [-0.25, -0.2) is 0 Å². The monoisotopic (exact) mass is 335 g/mol. The van der Waals surface area contributed by atoms with Crippen molar-refractivity contribution in [3.8, 4) is 0 Å². The van der Waals surface area contributed by atoms with Crippen molar-refractivity contribution in [1.29, 1.82) is 0.800 Å². The third-order valence-electron chi connectivity index (χ3n) is 0.679. The van der Waals surface area contributed by atoms with Crippen LogP contribution in [-0.4, -0.2) is 21.2 Å². The molecular weight excluding hydrogens is 320 g/mol. The molecule has 1 heterocycles. The van der Waals surface area contributed by atoms with Crippen LogP contribution in [0.5, 0.6) is 0 Å². The van der Waals surface area contributed by atoms with Crippen LogP contribution in [0.15, 0.2) is 0 Å². The van der Waals surface area contributed by atoms with Crippen LogP contribution in [0.4, 0.5) is 0 Å². The van der Waals surface area contributed by atoms with E-state index in [0.29, 0.717) is 11.6 Å². The van der Waals surface area contributed by atoms with Crippen molar-refractivity contribution in [3.63, 3.8) is 0 Å². The first kappa shape index (κ1) is 13.2. The third-order valence-corrected chi connectivity index (χ3v) is 0.679. The van der Waals surface area contributed by atoms with Gasteiger partial charge in [0.05, 0.1) is 0 Å². The van der Waals surface area contributed by atoms with Crippen LogP contribution < -0.4 is 0 Å². The predicted octanol–water partition coefficient (Wildman–Crippen LogP) is 0.514. The van der Waals surface area contributed by atoms with Crippen LogP contribution in [0.3, 0.4) is 0 Å². The molecule has 0 radical (unpaired) electrons. The molecule has 5 heteroatoms. The summed E-state index contributed by atoms with van der Waals surface area (Å²) >= 11 is 1.25. The summed E-state index contributed by atoms with van der Waals surface area (Å²) in [6.45, 7) is 3.50. The van der Waals surface area contributed by atoms with Crippen LogP contribution in [-0.2, 0) is 19.9 Å². The number of hydrogen-bond acceptors (Lipinski definition) is 4. The molecule has 1 rings (SSSR count). The molecule has 0 N–H and O–H groups in total. The van der Waals surface area contributed by atoms with Crippen molar-refractivity contribution < 1.29 is 19.9 Å². The van der Waals surface area contributed by atoms with E-state index in [1.807, 2.05) is 0 Å². The minimum Gasteiger partial charge on any atom is -0.358 e. The molecule has 66 valence electrons. The largest absolute Gasteiger partial charge is 0.358 e. The quantitative estimate of drug-likeness (QED) is 0.649. The summed E-state index contributed by atoms with van der Waals surface area (Å²) in [6.07, 6.45) is 0. The van der Waals surface area contributed by atoms with Gasteiger partial charge in [0.25, 0.3) is 0 Å². The second-order valence-electron chi connectivity index (χ2n) is 1.49. The van der Waals surface area contributed by atoms with E-state index in [4.69, 9.17) is 0.800 Å². The van der Waals surface area contributed by atoms with Gasteiger partial charge in [-0.15, -0.1) is 20.4 Å². The fraction of sp³-hybridized carbons (Fsp3) is 0.333. The van der Waals surface area contributed by atoms with Crippen LogP contribution in [0.1, 0.15) is 11.6 Å². The second kappa shape index (κ2) is 7.69. The smallest absolute Gasteiger partial charge is 0.358 e. The summed E-state index contributed by atoms with van der Waals surface area (Å²) in [7, 11) is 0. The summed E-state index contributed by atoms with van der Waals surface area (Å²) in [4.78, 5) is 0. The molecule has 0 unspecified atom stereocenters. The average Bonchev–Trinajstić information content (AvgIpc) is 2.00. The molecule has 0 amide bonds. The minimum absolute atomic E-state index is 0. The zero-order valence-electron chi connectivity index (χ0n) is 8.12. The second-order valence-corrected chi connectivity index (χ2v) is 1.49. The Morgan fingerprint density at radius 3 is 1.27 bits per heavy atom. The van der Waals surface area contributed by atoms with Gasteiger partial charge in [-0.2, -0.15) is 0 Å². The molecule has 0 aliphatic rings. The Bertz CT molecular complexity index is 158. The summed E-state index contributed by atoms with van der Waals surface area (Å²) in [5, 5.41) is 14.6. The molecule has 11 heavy (non-hydrogen) atoms. The Labute approximate surface area is 81.9 Å². The van der Waals surface area contributed by atoms with Crippen molar-refractivity contribution >= 4 is 0 Å². The first-order valence-electron chi connectivity index (χ1n) is 2.63. The molecule has 0 spiro atoms. The molecule has 1 aromatic rings. The molecule has 4 nitrogen and oxygen atoms in total. The normalized spacial score (nSPS) is 7.36. The standard InChI is InChI=1S/C4H6N4.2CH3.Ir.H/c1-3-5-7-4(2)8-6-3;;;;/h1-2H3;2*1H3;;/q;2*-1;+2;/i;;;;1+1. The van der Waals surface area contributed by atoms with Gasteiger partial charge in [-0.3, -0.25) is 0 Å². The molecule has 0 aromatic carbocycles. The van der Waals surface area contributed by atoms with Crippen LogP contribution in [0.2, 0.25) is 0 Å². The number of aryl methyl sites for hydroxylation is 2. The van der Waals surface area contributed by atoms with Gasteiger partial charge in [-0.05, 0) is 13.8 Å². The average molecular weight is 334 g/mol. The van der Waals surface area contributed by atoms with Crippen LogP contribution in [0.25, 0.3) is 0 Å². The van der Waals surface area contributed by atoms with E-state index in [-0.39, 0.29) is 14.9 Å². The third kappa shape index (κ3) is 6.01. The van der Waals surface area contributed by atoms with Crippen LogP contribution in [0, 0.1) is 28.7 Å². The maximum atomic E-state index is 5.75. The zero-order valence-corrected chi connectivity index (χ0v) is 9.52. The van der Waals surface area contributed by atoms with E-state index < -0.39 is 0 Å². The van der Waals surface area contributed by atoms with Gasteiger partial charge < -0.3 is 14.9 Å². The predicted molar refractivity (Wildman–Crippen MR) is 41.3 cm³/mol. The first-order chi connectivity index (χ1) is 4.79. The van der Waals surface area contributed by atoms with E-state index in [2.05, 4.69) is 20.4 Å². The number of nitrogens with zero attached hydrogens (tertiary/aromatic N) is 4. The Morgan fingerprint density at radius 1 is 0.909 bits per heavy atom. The van der Waals surface area contributed by atoms with Gasteiger partial charge in [0.1, 0.15) is 0 Å². The van der Waals surface area contributed by atoms with Gasteiger partial charge in [0.2, 0.25) is 0 Å². The fourth-order valence-electron chi connectivity index (χ4n) is 0.329. The molecule has 0 saturated heterocycles. The van der Waals surface area contributed by atoms with E-state index >= 15 is 0 Å². The van der Waals surface area contributed by atoms with Crippen molar-refractivity contribution in [2.45, 2.75) is 13.8 Å². The van der Waals surface area contributed by atoms with Crippen LogP contribution >= 0.6 is 0 Å². The topological polar surface area (TPSA) is 51.6 Å². The van der Waals surface area contributed by atoms with E-state index in [0.717, 1.165) is 0 Å². The Balaban J connectivity index is -0.000000189. The first-order valence-corrected chi connectivity index (χ1v) is 2.29. The van der Waals surface area contributed by atoms with Gasteiger partial charge in [0, 0.05) is 0 Å². The number of aromatic nitrogens is 4. The summed E-state index contributed by atoms with van der Waals surface area (Å²) < 4.78 is 5.75. The molecule has 0 bridgehead atoms. The van der Waals surface area contributed by atoms with Crippen molar-refractivity contribution in [1.82, 2.24) is 20.4 Å². The van der Waals surface area contributed by atoms with Gasteiger partial charge in [0.15, 0.2) is 11.6 Å². The summed E-state index contributed by atoms with van der Waals surface area (Å²) in [5.41, 5.74) is 0. The van der Waals surface area contributed by atoms with Crippen molar-refractivity contribution in [2.24, 2.45) is 0 Å². The Hall–Kier alpha value is -0.411. The molecule has 0 atom stereocenters. The minimum atomic E-state index is 0. The molecular formula is C6H13IrN4. The summed E-state index contributed by atoms with van der Waals surface area (Å²) in [6, 6.07) is 0. The fourth-order valence-corrected chi connectivity index (χ4v) is 0.329. The van der Waals surface area contributed by atoms with E-state index in [1.165, 1.54) is 19.9 Å². The van der Waals surface area contributed by atoms with Crippen molar-refractivity contribution in [3.05, 3.63) is 26.5 Å². The van der Waals surface area contributed by atoms with Gasteiger partial charge >= 0.3 is 20.7 Å². The number of hydrogen-bond donors (Lipinski definition) is 0. The van der Waals surface area contributed by atoms with Crippen molar-refractivity contribution in [2.75, 3.05) is 0 Å². The summed E-state index contributed by atoms with van der Waals surface area (Å²) in [5.74, 6) is 1.21. The number of rotatable bonds is 0. The zero-order chi connectivity index (χ0) is 7.98. The molecule has 0 saturated carbocycles. The molecule has 0 aliphatic carbocycles. The van der Waals surface area contributed by atoms with E-state index in [1.54, 1.807) is 13.8 Å². The molecule has 0 fully saturated rings. The molecule has 1 aromatic heterocycles.